The first-order chi connectivity index (χ1) is 10.0. The highest BCUT2D eigenvalue weighted by Gasteiger charge is 2.49. The average molecular weight is 279 g/mol. The van der Waals surface area contributed by atoms with Gasteiger partial charge in [0, 0.05) is 11.0 Å². The van der Waals surface area contributed by atoms with Crippen LogP contribution in [-0.2, 0) is 10.3 Å². The van der Waals surface area contributed by atoms with Crippen molar-refractivity contribution in [2.45, 2.75) is 26.4 Å². The van der Waals surface area contributed by atoms with E-state index in [1.54, 1.807) is 0 Å². The lowest BCUT2D eigenvalue weighted by Gasteiger charge is -2.40. The molecular formula is C19H21NO. The Hall–Kier alpha value is -2.09. The van der Waals surface area contributed by atoms with E-state index in [1.165, 1.54) is 5.56 Å². The van der Waals surface area contributed by atoms with E-state index >= 15 is 0 Å². The zero-order valence-corrected chi connectivity index (χ0v) is 12.8. The van der Waals surface area contributed by atoms with Crippen molar-refractivity contribution in [3.05, 3.63) is 71.8 Å². The Kier molecular flexibility index (Phi) is 3.32. The van der Waals surface area contributed by atoms with Crippen molar-refractivity contribution >= 4 is 5.90 Å². The van der Waals surface area contributed by atoms with Crippen LogP contribution >= 0.6 is 0 Å². The van der Waals surface area contributed by atoms with Gasteiger partial charge in [-0.3, -0.25) is 0 Å². The molecule has 1 heterocycles. The van der Waals surface area contributed by atoms with Gasteiger partial charge in [-0.2, -0.15) is 0 Å². The van der Waals surface area contributed by atoms with Crippen LogP contribution in [0.1, 0.15) is 31.9 Å². The Bertz CT molecular complexity index is 640. The van der Waals surface area contributed by atoms with E-state index in [0.717, 1.165) is 11.5 Å². The van der Waals surface area contributed by atoms with Crippen LogP contribution in [0.3, 0.4) is 0 Å². The lowest BCUT2D eigenvalue weighted by Crippen LogP contribution is -2.43. The van der Waals surface area contributed by atoms with Gasteiger partial charge >= 0.3 is 0 Å². The first kappa shape index (κ1) is 13.9. The maximum absolute atomic E-state index is 6.44. The maximum Gasteiger partial charge on any atom is 0.217 e. The second-order valence-corrected chi connectivity index (χ2v) is 6.53. The summed E-state index contributed by atoms with van der Waals surface area (Å²) in [6.45, 7) is 7.29. The largest absolute Gasteiger partial charge is 0.463 e. The number of nitrogens with zero attached hydrogens (tertiary/aromatic N) is 1. The van der Waals surface area contributed by atoms with Crippen molar-refractivity contribution in [1.82, 2.24) is 0 Å². The fourth-order valence-electron chi connectivity index (χ4n) is 2.82. The molecule has 108 valence electrons. The Labute approximate surface area is 126 Å². The summed E-state index contributed by atoms with van der Waals surface area (Å²) in [7, 11) is 0. The van der Waals surface area contributed by atoms with Crippen molar-refractivity contribution < 1.29 is 4.74 Å². The monoisotopic (exact) mass is 279 g/mol. The summed E-state index contributed by atoms with van der Waals surface area (Å²) in [4.78, 5) is 4.70. The van der Waals surface area contributed by atoms with E-state index in [-0.39, 0.29) is 5.41 Å². The molecule has 0 saturated heterocycles. The van der Waals surface area contributed by atoms with Gasteiger partial charge in [0.05, 0.1) is 6.54 Å². The highest BCUT2D eigenvalue weighted by atomic mass is 16.5. The summed E-state index contributed by atoms with van der Waals surface area (Å²) in [6.07, 6.45) is 0. The molecule has 0 aliphatic carbocycles. The molecule has 1 unspecified atom stereocenters. The van der Waals surface area contributed by atoms with Gasteiger partial charge in [0.1, 0.15) is 0 Å². The zero-order valence-electron chi connectivity index (χ0n) is 12.8. The third kappa shape index (κ3) is 2.35. The first-order valence-corrected chi connectivity index (χ1v) is 7.37. The summed E-state index contributed by atoms with van der Waals surface area (Å²) in [5.41, 5.74) is 1.78. The van der Waals surface area contributed by atoms with E-state index in [4.69, 9.17) is 9.73 Å². The summed E-state index contributed by atoms with van der Waals surface area (Å²) < 4.78 is 6.44. The third-order valence-electron chi connectivity index (χ3n) is 4.19. The number of hydrogen-bond acceptors (Lipinski definition) is 2. The zero-order chi connectivity index (χ0) is 14.9. The highest BCUT2D eigenvalue weighted by Crippen LogP contribution is 2.46. The topological polar surface area (TPSA) is 21.6 Å². The van der Waals surface area contributed by atoms with Crippen LogP contribution in [0.2, 0.25) is 0 Å². The van der Waals surface area contributed by atoms with Gasteiger partial charge in [-0.15, -0.1) is 0 Å². The average Bonchev–Trinajstić information content (AvgIpc) is 2.95. The number of aliphatic imine (C=N–C) groups is 1. The van der Waals surface area contributed by atoms with E-state index in [0.29, 0.717) is 6.54 Å². The van der Waals surface area contributed by atoms with Gasteiger partial charge in [-0.1, -0.05) is 69.3 Å². The normalized spacial score (nSPS) is 21.8. The molecule has 3 rings (SSSR count). The minimum atomic E-state index is -0.403. The smallest absolute Gasteiger partial charge is 0.217 e. The molecule has 0 amide bonds. The van der Waals surface area contributed by atoms with Crippen molar-refractivity contribution in [2.24, 2.45) is 10.4 Å². The molecule has 1 aliphatic rings. The number of hydrogen-bond donors (Lipinski definition) is 0. The first-order valence-electron chi connectivity index (χ1n) is 7.37. The molecule has 0 saturated carbocycles. The van der Waals surface area contributed by atoms with Crippen LogP contribution in [0.15, 0.2) is 65.7 Å². The lowest BCUT2D eigenvalue weighted by molar-refractivity contribution is -0.0238. The van der Waals surface area contributed by atoms with Crippen molar-refractivity contribution in [3.8, 4) is 0 Å². The van der Waals surface area contributed by atoms with Crippen LogP contribution in [0.25, 0.3) is 0 Å². The highest BCUT2D eigenvalue weighted by molar-refractivity contribution is 5.95. The summed E-state index contributed by atoms with van der Waals surface area (Å²) in [5.74, 6) is 0.745. The van der Waals surface area contributed by atoms with E-state index in [1.807, 2.05) is 36.4 Å². The molecule has 0 aromatic heterocycles. The second-order valence-electron chi connectivity index (χ2n) is 6.53. The van der Waals surface area contributed by atoms with E-state index < -0.39 is 5.60 Å². The van der Waals surface area contributed by atoms with Gasteiger partial charge in [0.15, 0.2) is 5.60 Å². The van der Waals surface area contributed by atoms with E-state index in [9.17, 15) is 0 Å². The minimum absolute atomic E-state index is 0.0472. The summed E-state index contributed by atoms with van der Waals surface area (Å²) in [6, 6.07) is 20.6. The minimum Gasteiger partial charge on any atom is -0.463 e. The SMILES string of the molecule is CC(C)(C)C1(c2ccccc2)CN=C(c2ccccc2)O1. The standard InChI is InChI=1S/C19H21NO/c1-18(2,3)19(16-12-8-5-9-13-16)14-20-17(21-19)15-10-6-4-7-11-15/h4-13H,14H2,1-3H3. The molecular weight excluding hydrogens is 258 g/mol. The van der Waals surface area contributed by atoms with Gasteiger partial charge in [0.2, 0.25) is 5.90 Å². The van der Waals surface area contributed by atoms with Gasteiger partial charge in [0.25, 0.3) is 0 Å². The molecule has 2 heteroatoms. The Morgan fingerprint density at radius 1 is 0.905 bits per heavy atom. The van der Waals surface area contributed by atoms with Crippen molar-refractivity contribution in [1.29, 1.82) is 0 Å². The molecule has 2 aromatic rings. The van der Waals surface area contributed by atoms with Gasteiger partial charge < -0.3 is 4.74 Å². The van der Waals surface area contributed by atoms with Crippen LogP contribution in [0.4, 0.5) is 0 Å². The number of rotatable bonds is 2. The van der Waals surface area contributed by atoms with Gasteiger partial charge in [-0.05, 0) is 17.7 Å². The van der Waals surface area contributed by atoms with Gasteiger partial charge in [-0.25, -0.2) is 4.99 Å². The third-order valence-corrected chi connectivity index (χ3v) is 4.19. The van der Waals surface area contributed by atoms with Crippen LogP contribution in [0.5, 0.6) is 0 Å². The number of ether oxygens (including phenoxy) is 1. The molecule has 0 bridgehead atoms. The number of benzene rings is 2. The van der Waals surface area contributed by atoms with Crippen LogP contribution in [0, 0.1) is 5.41 Å². The summed E-state index contributed by atoms with van der Waals surface area (Å²) >= 11 is 0. The molecule has 1 aliphatic heterocycles. The molecule has 0 N–H and O–H groups in total. The van der Waals surface area contributed by atoms with Crippen LogP contribution in [-0.4, -0.2) is 12.4 Å². The predicted molar refractivity (Wildman–Crippen MR) is 86.5 cm³/mol. The molecule has 0 radical (unpaired) electrons. The molecule has 2 aromatic carbocycles. The fourth-order valence-corrected chi connectivity index (χ4v) is 2.82. The van der Waals surface area contributed by atoms with E-state index in [2.05, 4.69) is 45.0 Å². The fraction of sp³-hybridized carbons (Fsp3) is 0.316. The van der Waals surface area contributed by atoms with Crippen molar-refractivity contribution in [2.75, 3.05) is 6.54 Å². The molecule has 0 fully saturated rings. The molecule has 2 nitrogen and oxygen atoms in total. The Morgan fingerprint density at radius 2 is 1.48 bits per heavy atom. The molecule has 21 heavy (non-hydrogen) atoms. The Balaban J connectivity index is 2.00. The van der Waals surface area contributed by atoms with Crippen LogP contribution < -0.4 is 0 Å². The Morgan fingerprint density at radius 3 is 2.05 bits per heavy atom. The predicted octanol–water partition coefficient (Wildman–Crippen LogP) is 4.41. The lowest BCUT2D eigenvalue weighted by atomic mass is 9.72. The molecule has 1 atom stereocenters. The quantitative estimate of drug-likeness (QED) is 0.798. The maximum atomic E-state index is 6.44. The molecule has 0 spiro atoms. The van der Waals surface area contributed by atoms with Crippen molar-refractivity contribution in [3.63, 3.8) is 0 Å². The second kappa shape index (κ2) is 5.03. The summed E-state index contributed by atoms with van der Waals surface area (Å²) in [5, 5.41) is 0.